The predicted octanol–water partition coefficient (Wildman–Crippen LogP) is 0.342. The van der Waals surface area contributed by atoms with Crippen LogP contribution in [0, 0.1) is 0 Å². The lowest BCUT2D eigenvalue weighted by molar-refractivity contribution is 0.385. The van der Waals surface area contributed by atoms with Gasteiger partial charge < -0.3 is 4.74 Å². The van der Waals surface area contributed by atoms with Crippen LogP contribution in [-0.2, 0) is 9.84 Å². The molecule has 0 spiro atoms. The topological polar surface area (TPSA) is 115 Å². The molecule has 0 saturated heterocycles. The van der Waals surface area contributed by atoms with Crippen LogP contribution in [0.15, 0.2) is 28.6 Å². The monoisotopic (exact) mass is 314 g/mol. The van der Waals surface area contributed by atoms with Gasteiger partial charge in [0.15, 0.2) is 5.65 Å². The summed E-state index contributed by atoms with van der Waals surface area (Å²) in [6.45, 7) is 0. The van der Waals surface area contributed by atoms with Crippen LogP contribution in [0.25, 0.3) is 5.65 Å². The van der Waals surface area contributed by atoms with Crippen LogP contribution < -0.4 is 4.74 Å². The van der Waals surface area contributed by atoms with Crippen molar-refractivity contribution in [3.8, 4) is 5.88 Å². The van der Waals surface area contributed by atoms with E-state index in [0.717, 1.165) is 10.8 Å². The zero-order chi connectivity index (χ0) is 14.3. The first-order chi connectivity index (χ1) is 9.54. The minimum atomic E-state index is -4.01. The number of methoxy groups -OCH3 is 1. The lowest BCUT2D eigenvalue weighted by Gasteiger charge is -2.02. The van der Waals surface area contributed by atoms with Crippen LogP contribution >= 0.6 is 11.6 Å². The number of fused-ring (bicyclic) bond motifs is 1. The largest absolute Gasteiger partial charge is 0.479 e. The molecule has 0 amide bonds. The molecule has 11 heteroatoms. The highest BCUT2D eigenvalue weighted by Crippen LogP contribution is 2.28. The standard InChI is InChI=1S/C9H7ClN6O3S/c1-19-7-8(20(17,18)9-11-4-12-14-9)16-6(13-7)3-2-5(10)15-16/h2-4H,1H3,(H,11,12,14). The Morgan fingerprint density at radius 1 is 1.40 bits per heavy atom. The summed E-state index contributed by atoms with van der Waals surface area (Å²) >= 11 is 5.79. The maximum Gasteiger partial charge on any atom is 0.264 e. The molecule has 0 aliphatic heterocycles. The number of aromatic amines is 1. The fourth-order valence-corrected chi connectivity index (χ4v) is 3.05. The maximum absolute atomic E-state index is 12.5. The molecular weight excluding hydrogens is 308 g/mol. The van der Waals surface area contributed by atoms with Crippen molar-refractivity contribution in [3.05, 3.63) is 23.6 Å². The van der Waals surface area contributed by atoms with Gasteiger partial charge in [-0.2, -0.15) is 19.7 Å². The average Bonchev–Trinajstić information content (AvgIpc) is 3.05. The minimum absolute atomic E-state index is 0.101. The Balaban J connectivity index is 2.38. The Hall–Kier alpha value is -2.20. The summed E-state index contributed by atoms with van der Waals surface area (Å²) in [6.07, 6.45) is 1.09. The van der Waals surface area contributed by atoms with E-state index >= 15 is 0 Å². The Bertz CT molecular complexity index is 873. The number of aromatic nitrogens is 6. The van der Waals surface area contributed by atoms with Crippen LogP contribution in [0.2, 0.25) is 5.15 Å². The van der Waals surface area contributed by atoms with E-state index in [4.69, 9.17) is 16.3 Å². The molecule has 0 aliphatic carbocycles. The highest BCUT2D eigenvalue weighted by atomic mass is 35.5. The van der Waals surface area contributed by atoms with Gasteiger partial charge in [0.05, 0.1) is 7.11 Å². The molecule has 20 heavy (non-hydrogen) atoms. The molecule has 0 fully saturated rings. The third kappa shape index (κ3) is 1.80. The van der Waals surface area contributed by atoms with E-state index < -0.39 is 9.84 Å². The Morgan fingerprint density at radius 3 is 2.85 bits per heavy atom. The van der Waals surface area contributed by atoms with Crippen molar-refractivity contribution >= 4 is 27.1 Å². The van der Waals surface area contributed by atoms with Crippen molar-refractivity contribution in [1.29, 1.82) is 0 Å². The van der Waals surface area contributed by atoms with Gasteiger partial charge in [0, 0.05) is 0 Å². The summed E-state index contributed by atoms with van der Waals surface area (Å²) < 4.78 is 31.1. The average molecular weight is 315 g/mol. The summed E-state index contributed by atoms with van der Waals surface area (Å²) in [4.78, 5) is 7.66. The second-order valence-electron chi connectivity index (χ2n) is 3.65. The Kier molecular flexibility index (Phi) is 2.83. The van der Waals surface area contributed by atoms with Gasteiger partial charge in [0.1, 0.15) is 11.5 Å². The molecule has 0 aliphatic rings. The van der Waals surface area contributed by atoms with E-state index in [1.807, 2.05) is 0 Å². The van der Waals surface area contributed by atoms with Gasteiger partial charge in [0.25, 0.3) is 15.7 Å². The van der Waals surface area contributed by atoms with Crippen LogP contribution in [-0.4, -0.2) is 45.3 Å². The molecule has 0 atom stereocenters. The molecule has 1 N–H and O–H groups in total. The molecule has 3 rings (SSSR count). The Morgan fingerprint density at radius 2 is 2.20 bits per heavy atom. The molecule has 3 aromatic rings. The zero-order valence-corrected chi connectivity index (χ0v) is 11.6. The van der Waals surface area contributed by atoms with Crippen molar-refractivity contribution in [1.82, 2.24) is 29.8 Å². The molecular formula is C9H7ClN6O3S. The van der Waals surface area contributed by atoms with Crippen molar-refractivity contribution in [2.24, 2.45) is 0 Å². The second kappa shape index (κ2) is 4.42. The van der Waals surface area contributed by atoms with Crippen LogP contribution in [0.3, 0.4) is 0 Å². The lowest BCUT2D eigenvalue weighted by Crippen LogP contribution is -2.10. The third-order valence-electron chi connectivity index (χ3n) is 2.47. The van der Waals surface area contributed by atoms with Crippen LogP contribution in [0.1, 0.15) is 0 Å². The fourth-order valence-electron chi connectivity index (χ4n) is 1.65. The van der Waals surface area contributed by atoms with E-state index in [9.17, 15) is 8.42 Å². The number of H-pyrrole nitrogens is 1. The number of halogens is 1. The molecule has 0 aromatic carbocycles. The SMILES string of the molecule is COc1nc2ccc(Cl)nn2c1S(=O)(=O)c1ncn[nH]1. The lowest BCUT2D eigenvalue weighted by atomic mass is 10.6. The van der Waals surface area contributed by atoms with Gasteiger partial charge in [-0.05, 0) is 12.1 Å². The number of imidazole rings is 1. The predicted molar refractivity (Wildman–Crippen MR) is 66.4 cm³/mol. The van der Waals surface area contributed by atoms with Gasteiger partial charge in [0.2, 0.25) is 10.2 Å². The molecule has 0 radical (unpaired) electrons. The number of nitrogens with zero attached hydrogens (tertiary/aromatic N) is 5. The molecule has 3 aromatic heterocycles. The van der Waals surface area contributed by atoms with E-state index in [2.05, 4.69) is 25.3 Å². The minimum Gasteiger partial charge on any atom is -0.479 e. The number of rotatable bonds is 3. The third-order valence-corrected chi connectivity index (χ3v) is 4.23. The quantitative estimate of drug-likeness (QED) is 0.741. The van der Waals surface area contributed by atoms with E-state index in [-0.39, 0.29) is 26.9 Å². The van der Waals surface area contributed by atoms with Crippen molar-refractivity contribution < 1.29 is 13.2 Å². The van der Waals surface area contributed by atoms with Crippen molar-refractivity contribution in [2.45, 2.75) is 10.2 Å². The Labute approximate surface area is 117 Å². The summed E-state index contributed by atoms with van der Waals surface area (Å²) in [7, 11) is -2.70. The summed E-state index contributed by atoms with van der Waals surface area (Å²) in [5.74, 6) is -0.101. The van der Waals surface area contributed by atoms with E-state index in [1.54, 1.807) is 0 Å². The summed E-state index contributed by atoms with van der Waals surface area (Å²) in [5.41, 5.74) is 0.282. The van der Waals surface area contributed by atoms with Crippen molar-refractivity contribution in [3.63, 3.8) is 0 Å². The van der Waals surface area contributed by atoms with Gasteiger partial charge in [-0.15, -0.1) is 0 Å². The zero-order valence-electron chi connectivity index (χ0n) is 9.98. The normalized spacial score (nSPS) is 11.9. The number of hydrogen-bond acceptors (Lipinski definition) is 7. The first kappa shape index (κ1) is 12.8. The summed E-state index contributed by atoms with van der Waals surface area (Å²) in [6, 6.07) is 3.02. The molecule has 9 nitrogen and oxygen atoms in total. The highest BCUT2D eigenvalue weighted by Gasteiger charge is 2.31. The van der Waals surface area contributed by atoms with Crippen LogP contribution in [0.5, 0.6) is 5.88 Å². The maximum atomic E-state index is 12.5. The summed E-state index contributed by atoms with van der Waals surface area (Å²) in [5, 5.41) is 9.24. The molecule has 0 bridgehead atoms. The highest BCUT2D eigenvalue weighted by molar-refractivity contribution is 7.91. The van der Waals surface area contributed by atoms with Gasteiger partial charge in [-0.3, -0.25) is 0 Å². The fraction of sp³-hybridized carbons (Fsp3) is 0.111. The molecule has 0 unspecified atom stereocenters. The number of hydrogen-bond donors (Lipinski definition) is 1. The number of nitrogens with one attached hydrogen (secondary N) is 1. The van der Waals surface area contributed by atoms with Gasteiger partial charge in [-0.1, -0.05) is 11.6 Å². The van der Waals surface area contributed by atoms with Gasteiger partial charge in [-0.25, -0.2) is 18.5 Å². The number of sulfone groups is 1. The van der Waals surface area contributed by atoms with Crippen molar-refractivity contribution in [2.75, 3.05) is 7.11 Å². The van der Waals surface area contributed by atoms with E-state index in [1.165, 1.54) is 19.2 Å². The second-order valence-corrected chi connectivity index (χ2v) is 5.81. The first-order valence-corrected chi connectivity index (χ1v) is 7.10. The van der Waals surface area contributed by atoms with E-state index in [0.29, 0.717) is 0 Å². The molecule has 0 saturated carbocycles. The van der Waals surface area contributed by atoms with Crippen LogP contribution in [0.4, 0.5) is 0 Å². The first-order valence-electron chi connectivity index (χ1n) is 5.24. The molecule has 3 heterocycles. The van der Waals surface area contributed by atoms with Gasteiger partial charge >= 0.3 is 0 Å². The smallest absolute Gasteiger partial charge is 0.264 e. The molecule has 104 valence electrons. The number of ether oxygens (including phenoxy) is 1.